The van der Waals surface area contributed by atoms with Crippen LogP contribution in [0.4, 0.5) is 0 Å². The molecule has 5 heteroatoms. The minimum Gasteiger partial charge on any atom is -0.507 e. The summed E-state index contributed by atoms with van der Waals surface area (Å²) in [6, 6.07) is 4.21. The number of aliphatic hydroxyl groups excluding tert-OH is 1. The minimum absolute atomic E-state index is 0.0356. The molecule has 1 fully saturated rings. The number of nitrogens with zero attached hydrogens (tertiary/aromatic N) is 1. The fourth-order valence-corrected chi connectivity index (χ4v) is 2.63. The van der Waals surface area contributed by atoms with Crippen LogP contribution in [0, 0.1) is 0 Å². The van der Waals surface area contributed by atoms with Gasteiger partial charge in [0.05, 0.1) is 6.10 Å². The molecule has 1 heterocycles. The number of carbonyl (C=O) groups is 1. The fourth-order valence-electron chi connectivity index (χ4n) is 2.63. The van der Waals surface area contributed by atoms with Gasteiger partial charge in [0.15, 0.2) is 0 Å². The Hall–Kier alpha value is -1.75. The number of phenolic OH excluding ortho intramolecular Hbond substituents is 2. The van der Waals surface area contributed by atoms with Gasteiger partial charge in [-0.3, -0.25) is 4.79 Å². The number of aliphatic hydroxyl groups is 1. The maximum absolute atomic E-state index is 12.4. The average Bonchev–Trinajstić information content (AvgIpc) is 2.75. The molecule has 0 aliphatic carbocycles. The third-order valence-corrected chi connectivity index (χ3v) is 3.49. The Bertz CT molecular complexity index is 452. The second-order valence-electron chi connectivity index (χ2n) is 5.05. The van der Waals surface area contributed by atoms with E-state index in [1.165, 1.54) is 18.2 Å². The number of hydrogen-bond donors (Lipinski definition) is 3. The van der Waals surface area contributed by atoms with Crippen molar-refractivity contribution in [3.05, 3.63) is 23.8 Å². The van der Waals surface area contributed by atoms with Crippen LogP contribution in [0.5, 0.6) is 11.5 Å². The molecule has 0 saturated carbocycles. The van der Waals surface area contributed by atoms with Crippen molar-refractivity contribution in [2.24, 2.45) is 0 Å². The predicted octanol–water partition coefficient (Wildman–Crippen LogP) is 1.47. The third kappa shape index (κ3) is 2.81. The first kappa shape index (κ1) is 13.7. The van der Waals surface area contributed by atoms with Gasteiger partial charge in [-0.2, -0.15) is 0 Å². The van der Waals surface area contributed by atoms with Crippen molar-refractivity contribution in [3.8, 4) is 11.5 Å². The van der Waals surface area contributed by atoms with Crippen molar-refractivity contribution in [2.75, 3.05) is 6.54 Å². The number of carbonyl (C=O) groups excluding carboxylic acids is 1. The van der Waals surface area contributed by atoms with Crippen molar-refractivity contribution >= 4 is 5.91 Å². The van der Waals surface area contributed by atoms with E-state index in [1.807, 2.05) is 0 Å². The summed E-state index contributed by atoms with van der Waals surface area (Å²) in [6.45, 7) is 2.28. The molecule has 1 aliphatic heterocycles. The van der Waals surface area contributed by atoms with Crippen molar-refractivity contribution in [1.29, 1.82) is 0 Å². The summed E-state index contributed by atoms with van der Waals surface area (Å²) in [6.07, 6.45) is 1.75. The predicted molar refractivity (Wildman–Crippen MR) is 70.1 cm³/mol. The maximum atomic E-state index is 12.4. The molecule has 0 bridgehead atoms. The number of amides is 1. The van der Waals surface area contributed by atoms with Gasteiger partial charge < -0.3 is 20.2 Å². The first-order valence-corrected chi connectivity index (χ1v) is 6.50. The largest absolute Gasteiger partial charge is 0.507 e. The fraction of sp³-hybridized carbons (Fsp3) is 0.500. The van der Waals surface area contributed by atoms with Gasteiger partial charge in [0.2, 0.25) is 0 Å². The van der Waals surface area contributed by atoms with E-state index in [2.05, 4.69) is 0 Å². The molecule has 5 nitrogen and oxygen atoms in total. The zero-order valence-corrected chi connectivity index (χ0v) is 10.9. The van der Waals surface area contributed by atoms with E-state index in [-0.39, 0.29) is 29.0 Å². The molecule has 1 saturated heterocycles. The van der Waals surface area contributed by atoms with Crippen LogP contribution >= 0.6 is 0 Å². The average molecular weight is 265 g/mol. The highest BCUT2D eigenvalue weighted by atomic mass is 16.3. The van der Waals surface area contributed by atoms with Crippen LogP contribution in [-0.2, 0) is 0 Å². The van der Waals surface area contributed by atoms with Crippen LogP contribution in [0.1, 0.15) is 36.5 Å². The van der Waals surface area contributed by atoms with Crippen LogP contribution in [0.3, 0.4) is 0 Å². The molecule has 1 aromatic carbocycles. The highest BCUT2D eigenvalue weighted by Crippen LogP contribution is 2.31. The first-order valence-electron chi connectivity index (χ1n) is 6.50. The summed E-state index contributed by atoms with van der Waals surface area (Å²) in [4.78, 5) is 14.0. The highest BCUT2D eigenvalue weighted by molar-refractivity contribution is 5.99. The summed E-state index contributed by atoms with van der Waals surface area (Å²) in [5.74, 6) is -0.806. The van der Waals surface area contributed by atoms with Gasteiger partial charge in [-0.25, -0.2) is 0 Å². The zero-order valence-electron chi connectivity index (χ0n) is 10.9. The first-order chi connectivity index (χ1) is 9.00. The zero-order chi connectivity index (χ0) is 14.0. The van der Waals surface area contributed by atoms with Gasteiger partial charge in [0.25, 0.3) is 5.91 Å². The quantitative estimate of drug-likeness (QED) is 0.773. The van der Waals surface area contributed by atoms with Gasteiger partial charge in [-0.15, -0.1) is 0 Å². The molecule has 1 aromatic rings. The summed E-state index contributed by atoms with van der Waals surface area (Å²) in [7, 11) is 0. The highest BCUT2D eigenvalue weighted by Gasteiger charge is 2.32. The van der Waals surface area contributed by atoms with Crippen LogP contribution in [-0.4, -0.2) is 44.8 Å². The summed E-state index contributed by atoms with van der Waals surface area (Å²) >= 11 is 0. The molecular weight excluding hydrogens is 246 g/mol. The SMILES string of the molecule is CC(O)CC1CCCN1C(=O)c1c(O)cccc1O. The Morgan fingerprint density at radius 1 is 1.42 bits per heavy atom. The lowest BCUT2D eigenvalue weighted by molar-refractivity contribution is 0.0676. The van der Waals surface area contributed by atoms with E-state index in [0.29, 0.717) is 13.0 Å². The summed E-state index contributed by atoms with van der Waals surface area (Å²) < 4.78 is 0. The molecule has 1 aliphatic rings. The lowest BCUT2D eigenvalue weighted by atomic mass is 10.1. The second-order valence-corrected chi connectivity index (χ2v) is 5.05. The standard InChI is InChI=1S/C14H19NO4/c1-9(16)8-10-4-3-7-15(10)14(19)13-11(17)5-2-6-12(13)18/h2,5-6,9-10,16-18H,3-4,7-8H2,1H3. The van der Waals surface area contributed by atoms with Gasteiger partial charge >= 0.3 is 0 Å². The third-order valence-electron chi connectivity index (χ3n) is 3.49. The molecule has 0 spiro atoms. The van der Waals surface area contributed by atoms with Crippen molar-refractivity contribution in [3.63, 3.8) is 0 Å². The Kier molecular flexibility index (Phi) is 3.95. The number of phenols is 2. The molecule has 2 unspecified atom stereocenters. The van der Waals surface area contributed by atoms with Crippen molar-refractivity contribution < 1.29 is 20.1 Å². The second kappa shape index (κ2) is 5.48. The smallest absolute Gasteiger partial charge is 0.261 e. The minimum atomic E-state index is -0.476. The van der Waals surface area contributed by atoms with E-state index in [9.17, 15) is 20.1 Å². The molecule has 1 amide bonds. The van der Waals surface area contributed by atoms with E-state index in [4.69, 9.17) is 0 Å². The lowest BCUT2D eigenvalue weighted by Gasteiger charge is -2.26. The van der Waals surface area contributed by atoms with Gasteiger partial charge in [-0.1, -0.05) is 6.07 Å². The number of rotatable bonds is 3. The van der Waals surface area contributed by atoms with Crippen LogP contribution in [0.2, 0.25) is 0 Å². The molecule has 3 N–H and O–H groups in total. The molecule has 0 radical (unpaired) electrons. The lowest BCUT2D eigenvalue weighted by Crippen LogP contribution is -2.37. The Balaban J connectivity index is 2.23. The van der Waals surface area contributed by atoms with E-state index < -0.39 is 6.10 Å². The molecule has 104 valence electrons. The topological polar surface area (TPSA) is 81.0 Å². The number of benzene rings is 1. The summed E-state index contributed by atoms with van der Waals surface area (Å²) in [5.41, 5.74) is -0.0556. The van der Waals surface area contributed by atoms with Gasteiger partial charge in [0, 0.05) is 12.6 Å². The Morgan fingerprint density at radius 2 is 2.05 bits per heavy atom. The van der Waals surface area contributed by atoms with E-state index in [0.717, 1.165) is 12.8 Å². The molecule has 2 rings (SSSR count). The van der Waals surface area contributed by atoms with Crippen molar-refractivity contribution in [2.45, 2.75) is 38.3 Å². The van der Waals surface area contributed by atoms with Crippen LogP contribution in [0.25, 0.3) is 0 Å². The van der Waals surface area contributed by atoms with E-state index in [1.54, 1.807) is 11.8 Å². The number of likely N-dealkylation sites (tertiary alicyclic amines) is 1. The number of hydrogen-bond acceptors (Lipinski definition) is 4. The normalized spacial score (nSPS) is 20.5. The molecular formula is C14H19NO4. The maximum Gasteiger partial charge on any atom is 0.261 e. The number of aromatic hydroxyl groups is 2. The monoisotopic (exact) mass is 265 g/mol. The Labute approximate surface area is 112 Å². The van der Waals surface area contributed by atoms with Crippen LogP contribution in [0.15, 0.2) is 18.2 Å². The van der Waals surface area contributed by atoms with Crippen molar-refractivity contribution in [1.82, 2.24) is 4.90 Å². The summed E-state index contributed by atoms with van der Waals surface area (Å²) in [5, 5.41) is 28.9. The van der Waals surface area contributed by atoms with Gasteiger partial charge in [0.1, 0.15) is 17.1 Å². The molecule has 2 atom stereocenters. The van der Waals surface area contributed by atoms with Crippen LogP contribution < -0.4 is 0 Å². The van der Waals surface area contributed by atoms with Gasteiger partial charge in [-0.05, 0) is 38.3 Å². The molecule has 0 aromatic heterocycles. The molecule has 19 heavy (non-hydrogen) atoms. The Morgan fingerprint density at radius 3 is 2.63 bits per heavy atom. The van der Waals surface area contributed by atoms with E-state index >= 15 is 0 Å².